The van der Waals surface area contributed by atoms with Gasteiger partial charge in [-0.3, -0.25) is 4.79 Å². The monoisotopic (exact) mass is 340 g/mol. The molecular weight excluding hydrogens is 320 g/mol. The number of rotatable bonds is 6. The van der Waals surface area contributed by atoms with Crippen LogP contribution in [0.3, 0.4) is 0 Å². The summed E-state index contributed by atoms with van der Waals surface area (Å²) in [4.78, 5) is 22.6. The number of amides is 1. The number of benzene rings is 1. The fraction of sp³-hybridized carbons (Fsp3) is 0.278. The number of anilines is 1. The quantitative estimate of drug-likeness (QED) is 0.718. The largest absolute Gasteiger partial charge is 0.360 e. The Labute approximate surface area is 145 Å². The maximum absolute atomic E-state index is 11.9. The second kappa shape index (κ2) is 7.40. The molecule has 0 bridgehead atoms. The predicted molar refractivity (Wildman–Crippen MR) is 99.2 cm³/mol. The Morgan fingerprint density at radius 1 is 1.25 bits per heavy atom. The molecule has 5 nitrogen and oxygen atoms in total. The van der Waals surface area contributed by atoms with Gasteiger partial charge >= 0.3 is 0 Å². The Kier molecular flexibility index (Phi) is 5.05. The van der Waals surface area contributed by atoms with Crippen molar-refractivity contribution in [1.82, 2.24) is 15.3 Å². The van der Waals surface area contributed by atoms with Gasteiger partial charge in [-0.25, -0.2) is 9.97 Å². The second-order valence-corrected chi connectivity index (χ2v) is 6.68. The summed E-state index contributed by atoms with van der Waals surface area (Å²) in [6, 6.07) is 12.4. The highest BCUT2D eigenvalue weighted by Crippen LogP contribution is 2.34. The summed E-state index contributed by atoms with van der Waals surface area (Å²) in [5.41, 5.74) is 1.15. The Morgan fingerprint density at radius 2 is 2.04 bits per heavy atom. The fourth-order valence-electron chi connectivity index (χ4n) is 2.33. The zero-order chi connectivity index (χ0) is 16.9. The third-order valence-corrected chi connectivity index (χ3v) is 4.92. The number of nitrogens with zero attached hydrogens (tertiary/aromatic N) is 2. The van der Waals surface area contributed by atoms with Crippen LogP contribution in [0.2, 0.25) is 0 Å². The van der Waals surface area contributed by atoms with E-state index in [2.05, 4.69) is 38.8 Å². The molecule has 2 N–H and O–H groups in total. The molecule has 0 fully saturated rings. The normalized spacial score (nSPS) is 12.1. The summed E-state index contributed by atoms with van der Waals surface area (Å²) in [5, 5.41) is 7.00. The lowest BCUT2D eigenvalue weighted by atomic mass is 10.2. The van der Waals surface area contributed by atoms with Gasteiger partial charge in [0.25, 0.3) is 0 Å². The Balaban J connectivity index is 1.79. The summed E-state index contributed by atoms with van der Waals surface area (Å²) < 4.78 is 0. The van der Waals surface area contributed by atoms with Crippen molar-refractivity contribution in [2.24, 2.45) is 0 Å². The smallest absolute Gasteiger partial charge is 0.239 e. The first-order chi connectivity index (χ1) is 11.7. The fourth-order valence-corrected chi connectivity index (χ4v) is 3.34. The molecule has 0 saturated heterocycles. The minimum atomic E-state index is -0.0328. The van der Waals surface area contributed by atoms with E-state index in [0.717, 1.165) is 27.1 Å². The van der Waals surface area contributed by atoms with Gasteiger partial charge in [-0.05, 0) is 25.0 Å². The van der Waals surface area contributed by atoms with Crippen LogP contribution in [0.1, 0.15) is 20.3 Å². The maximum atomic E-state index is 11.9. The lowest BCUT2D eigenvalue weighted by molar-refractivity contribution is -0.120. The molecular formula is C18H20N4OS. The van der Waals surface area contributed by atoms with Gasteiger partial charge in [0.15, 0.2) is 0 Å². The van der Waals surface area contributed by atoms with Crippen LogP contribution in [0.5, 0.6) is 0 Å². The molecule has 1 unspecified atom stereocenters. The molecule has 3 rings (SSSR count). The third kappa shape index (κ3) is 3.71. The first-order valence-corrected chi connectivity index (χ1v) is 8.82. The first-order valence-electron chi connectivity index (χ1n) is 8.00. The van der Waals surface area contributed by atoms with Gasteiger partial charge in [0.1, 0.15) is 17.0 Å². The minimum absolute atomic E-state index is 0.0328. The second-order valence-electron chi connectivity index (χ2n) is 5.65. The molecule has 24 heavy (non-hydrogen) atoms. The number of nitrogens with one attached hydrogen (secondary N) is 2. The average molecular weight is 340 g/mol. The number of aromatic nitrogens is 2. The summed E-state index contributed by atoms with van der Waals surface area (Å²) >= 11 is 1.62. The predicted octanol–water partition coefficient (Wildman–Crippen LogP) is 3.68. The molecule has 0 saturated carbocycles. The van der Waals surface area contributed by atoms with Crippen LogP contribution in [0.15, 0.2) is 42.7 Å². The van der Waals surface area contributed by atoms with Gasteiger partial charge in [-0.2, -0.15) is 0 Å². The van der Waals surface area contributed by atoms with Crippen LogP contribution in [0.4, 0.5) is 5.82 Å². The molecule has 6 heteroatoms. The standard InChI is InChI=1S/C18H20N4OS/c1-3-12(2)22-16(23)10-19-17-14-9-15(13-7-5-4-6-8-13)24-18(14)21-11-20-17/h4-9,11-12H,3,10H2,1-2H3,(H,22,23)(H,19,20,21). The van der Waals surface area contributed by atoms with Crippen LogP contribution >= 0.6 is 11.3 Å². The van der Waals surface area contributed by atoms with Gasteiger partial charge in [0, 0.05) is 10.9 Å². The average Bonchev–Trinajstić information content (AvgIpc) is 3.05. The van der Waals surface area contributed by atoms with Crippen LogP contribution in [0.25, 0.3) is 20.7 Å². The van der Waals surface area contributed by atoms with E-state index in [9.17, 15) is 4.79 Å². The highest BCUT2D eigenvalue weighted by molar-refractivity contribution is 7.21. The van der Waals surface area contributed by atoms with Crippen molar-refractivity contribution in [3.63, 3.8) is 0 Å². The minimum Gasteiger partial charge on any atom is -0.360 e. The highest BCUT2D eigenvalue weighted by Gasteiger charge is 2.11. The van der Waals surface area contributed by atoms with Crippen molar-refractivity contribution in [3.05, 3.63) is 42.7 Å². The molecule has 124 valence electrons. The molecule has 1 aromatic carbocycles. The van der Waals surface area contributed by atoms with E-state index in [0.29, 0.717) is 5.82 Å². The van der Waals surface area contributed by atoms with Crippen molar-refractivity contribution in [3.8, 4) is 10.4 Å². The van der Waals surface area contributed by atoms with Crippen LogP contribution in [-0.2, 0) is 4.79 Å². The van der Waals surface area contributed by atoms with Crippen molar-refractivity contribution >= 4 is 33.3 Å². The van der Waals surface area contributed by atoms with E-state index in [4.69, 9.17) is 0 Å². The maximum Gasteiger partial charge on any atom is 0.239 e. The number of fused-ring (bicyclic) bond motifs is 1. The number of carbonyl (C=O) groups excluding carboxylic acids is 1. The Bertz CT molecular complexity index is 831. The van der Waals surface area contributed by atoms with E-state index in [1.54, 1.807) is 11.3 Å². The number of thiophene rings is 1. The van der Waals surface area contributed by atoms with E-state index in [1.807, 2.05) is 32.0 Å². The van der Waals surface area contributed by atoms with Crippen molar-refractivity contribution in [1.29, 1.82) is 0 Å². The molecule has 2 aromatic heterocycles. The molecule has 0 aliphatic rings. The highest BCUT2D eigenvalue weighted by atomic mass is 32.1. The van der Waals surface area contributed by atoms with Crippen LogP contribution in [0, 0.1) is 0 Å². The van der Waals surface area contributed by atoms with E-state index < -0.39 is 0 Å². The summed E-state index contributed by atoms with van der Waals surface area (Å²) in [6.07, 6.45) is 2.44. The van der Waals surface area contributed by atoms with Crippen LogP contribution < -0.4 is 10.6 Å². The zero-order valence-corrected chi connectivity index (χ0v) is 14.6. The Hall–Kier alpha value is -2.47. The van der Waals surface area contributed by atoms with Gasteiger partial charge in [-0.15, -0.1) is 11.3 Å². The molecule has 0 radical (unpaired) electrons. The summed E-state index contributed by atoms with van der Waals surface area (Å²) in [7, 11) is 0. The summed E-state index contributed by atoms with van der Waals surface area (Å²) in [5.74, 6) is 0.660. The molecule has 1 amide bonds. The molecule has 0 aliphatic carbocycles. The van der Waals surface area contributed by atoms with Gasteiger partial charge < -0.3 is 10.6 Å². The van der Waals surface area contributed by atoms with Crippen molar-refractivity contribution in [2.75, 3.05) is 11.9 Å². The Morgan fingerprint density at radius 3 is 2.79 bits per heavy atom. The van der Waals surface area contributed by atoms with Gasteiger partial charge in [0.2, 0.25) is 5.91 Å². The third-order valence-electron chi connectivity index (χ3n) is 3.82. The number of hydrogen-bond acceptors (Lipinski definition) is 5. The van der Waals surface area contributed by atoms with Crippen LogP contribution in [-0.4, -0.2) is 28.5 Å². The van der Waals surface area contributed by atoms with E-state index >= 15 is 0 Å². The van der Waals surface area contributed by atoms with Gasteiger partial charge in [-0.1, -0.05) is 37.3 Å². The zero-order valence-electron chi connectivity index (χ0n) is 13.7. The lowest BCUT2D eigenvalue weighted by Crippen LogP contribution is -2.36. The van der Waals surface area contributed by atoms with Crippen molar-refractivity contribution in [2.45, 2.75) is 26.3 Å². The van der Waals surface area contributed by atoms with Crippen molar-refractivity contribution < 1.29 is 4.79 Å². The number of carbonyl (C=O) groups is 1. The SMILES string of the molecule is CCC(C)NC(=O)CNc1ncnc2sc(-c3ccccc3)cc12. The lowest BCUT2D eigenvalue weighted by Gasteiger charge is -2.12. The molecule has 2 heterocycles. The molecule has 1 atom stereocenters. The van der Waals surface area contributed by atoms with E-state index in [-0.39, 0.29) is 18.5 Å². The molecule has 0 aliphatic heterocycles. The summed E-state index contributed by atoms with van der Waals surface area (Å²) in [6.45, 7) is 4.24. The van der Waals surface area contributed by atoms with Gasteiger partial charge in [0.05, 0.1) is 11.9 Å². The number of hydrogen-bond donors (Lipinski definition) is 2. The first kappa shape index (κ1) is 16.4. The topological polar surface area (TPSA) is 66.9 Å². The van der Waals surface area contributed by atoms with E-state index in [1.165, 1.54) is 6.33 Å². The molecule has 0 spiro atoms. The molecule has 3 aromatic rings.